The minimum Gasteiger partial charge on any atom is -0.244 e. The van der Waals surface area contributed by atoms with Crippen LogP contribution in [0.4, 0.5) is 0 Å². The summed E-state index contributed by atoms with van der Waals surface area (Å²) in [7, 11) is 0. The van der Waals surface area contributed by atoms with Crippen molar-refractivity contribution in [2.75, 3.05) is 0 Å². The molecule has 2 aromatic heterocycles. The molecule has 0 atom stereocenters. The summed E-state index contributed by atoms with van der Waals surface area (Å²) in [4.78, 5) is 13.7. The van der Waals surface area contributed by atoms with Gasteiger partial charge in [0.2, 0.25) is 0 Å². The second kappa shape index (κ2) is 5.44. The lowest BCUT2D eigenvalue weighted by atomic mass is 10.1. The molecule has 0 unspecified atom stereocenters. The molecule has 2 heterocycles. The monoisotopic (exact) mass is 275 g/mol. The fourth-order valence-corrected chi connectivity index (χ4v) is 2.19. The summed E-state index contributed by atoms with van der Waals surface area (Å²) in [6.45, 7) is 6.07. The van der Waals surface area contributed by atoms with Crippen molar-refractivity contribution in [3.8, 4) is 22.8 Å². The molecular formula is C18H17N3. The van der Waals surface area contributed by atoms with Crippen molar-refractivity contribution in [3.63, 3.8) is 0 Å². The molecule has 0 aliphatic heterocycles. The fraction of sp³-hybridized carbons (Fsp3) is 0.167. The van der Waals surface area contributed by atoms with Gasteiger partial charge in [-0.05, 0) is 38.0 Å². The van der Waals surface area contributed by atoms with Gasteiger partial charge in [-0.2, -0.15) is 0 Å². The van der Waals surface area contributed by atoms with E-state index in [0.29, 0.717) is 5.82 Å². The number of nitrogens with zero attached hydrogens (tertiary/aromatic N) is 3. The molecule has 3 rings (SSSR count). The molecule has 0 saturated heterocycles. The molecule has 0 aliphatic carbocycles. The van der Waals surface area contributed by atoms with E-state index in [1.807, 2.05) is 44.3 Å². The Hall–Kier alpha value is -2.55. The zero-order valence-corrected chi connectivity index (χ0v) is 12.5. The Labute approximate surface area is 124 Å². The fourth-order valence-electron chi connectivity index (χ4n) is 2.19. The van der Waals surface area contributed by atoms with Crippen molar-refractivity contribution in [2.24, 2.45) is 0 Å². The van der Waals surface area contributed by atoms with Crippen LogP contribution in [0.5, 0.6) is 0 Å². The normalized spacial score (nSPS) is 10.6. The van der Waals surface area contributed by atoms with Crippen LogP contribution in [0.3, 0.4) is 0 Å². The predicted octanol–water partition coefficient (Wildman–Crippen LogP) is 4.13. The third kappa shape index (κ3) is 2.68. The van der Waals surface area contributed by atoms with Gasteiger partial charge in [0, 0.05) is 17.5 Å². The minimum absolute atomic E-state index is 0.676. The average molecular weight is 275 g/mol. The van der Waals surface area contributed by atoms with Gasteiger partial charge in [-0.1, -0.05) is 36.4 Å². The summed E-state index contributed by atoms with van der Waals surface area (Å²) in [5, 5.41) is 0. The molecule has 0 bridgehead atoms. The number of hydrogen-bond acceptors (Lipinski definition) is 3. The smallest absolute Gasteiger partial charge is 0.178 e. The van der Waals surface area contributed by atoms with Crippen molar-refractivity contribution in [1.29, 1.82) is 0 Å². The molecule has 21 heavy (non-hydrogen) atoms. The zero-order chi connectivity index (χ0) is 14.8. The molecular weight excluding hydrogens is 258 g/mol. The van der Waals surface area contributed by atoms with Crippen molar-refractivity contribution in [1.82, 2.24) is 15.0 Å². The molecule has 0 amide bonds. The van der Waals surface area contributed by atoms with E-state index in [-0.39, 0.29) is 0 Å². The molecule has 104 valence electrons. The zero-order valence-electron chi connectivity index (χ0n) is 12.5. The van der Waals surface area contributed by atoms with E-state index < -0.39 is 0 Å². The topological polar surface area (TPSA) is 38.7 Å². The van der Waals surface area contributed by atoms with Crippen LogP contribution in [0.1, 0.15) is 16.8 Å². The Morgan fingerprint density at radius 1 is 0.762 bits per heavy atom. The van der Waals surface area contributed by atoms with Gasteiger partial charge < -0.3 is 0 Å². The summed E-state index contributed by atoms with van der Waals surface area (Å²) in [5.74, 6) is 0.676. The molecule has 3 nitrogen and oxygen atoms in total. The van der Waals surface area contributed by atoms with E-state index in [9.17, 15) is 0 Å². The van der Waals surface area contributed by atoms with Crippen molar-refractivity contribution in [2.45, 2.75) is 20.8 Å². The molecule has 0 radical (unpaired) electrons. The third-order valence-electron chi connectivity index (χ3n) is 3.60. The van der Waals surface area contributed by atoms with E-state index in [0.717, 1.165) is 33.8 Å². The second-order valence-corrected chi connectivity index (χ2v) is 5.19. The molecule has 0 N–H and O–H groups in total. The number of aromatic nitrogens is 3. The van der Waals surface area contributed by atoms with Gasteiger partial charge in [0.15, 0.2) is 5.82 Å². The standard InChI is InChI=1S/C18H17N3/c1-12-9-10-16(18-19-11-13(2)14(3)20-18)21-17(12)15-7-5-4-6-8-15/h4-11H,1-3H3. The van der Waals surface area contributed by atoms with Crippen molar-refractivity contribution < 1.29 is 0 Å². The summed E-state index contributed by atoms with van der Waals surface area (Å²) in [6, 6.07) is 14.2. The molecule has 0 spiro atoms. The predicted molar refractivity (Wildman–Crippen MR) is 84.9 cm³/mol. The molecule has 0 saturated carbocycles. The van der Waals surface area contributed by atoms with Crippen molar-refractivity contribution >= 4 is 0 Å². The number of pyridine rings is 1. The average Bonchev–Trinajstić information content (AvgIpc) is 2.51. The van der Waals surface area contributed by atoms with Crippen LogP contribution >= 0.6 is 0 Å². The van der Waals surface area contributed by atoms with E-state index in [2.05, 4.69) is 35.1 Å². The van der Waals surface area contributed by atoms with E-state index in [1.165, 1.54) is 0 Å². The first-order valence-electron chi connectivity index (χ1n) is 6.99. The Bertz CT molecular complexity index is 780. The number of rotatable bonds is 2. The first-order valence-corrected chi connectivity index (χ1v) is 6.99. The van der Waals surface area contributed by atoms with Crippen LogP contribution in [-0.2, 0) is 0 Å². The molecule has 3 aromatic rings. The summed E-state index contributed by atoms with van der Waals surface area (Å²) < 4.78 is 0. The van der Waals surface area contributed by atoms with Gasteiger partial charge in [-0.3, -0.25) is 0 Å². The van der Waals surface area contributed by atoms with Crippen LogP contribution in [0, 0.1) is 20.8 Å². The van der Waals surface area contributed by atoms with Crippen LogP contribution in [0.25, 0.3) is 22.8 Å². The Morgan fingerprint density at radius 2 is 1.52 bits per heavy atom. The van der Waals surface area contributed by atoms with Crippen LogP contribution in [-0.4, -0.2) is 15.0 Å². The SMILES string of the molecule is Cc1cnc(-c2ccc(C)c(-c3ccccc3)n2)nc1C. The minimum atomic E-state index is 0.676. The lowest BCUT2D eigenvalue weighted by molar-refractivity contribution is 1.05. The van der Waals surface area contributed by atoms with Gasteiger partial charge in [0.1, 0.15) is 5.69 Å². The highest BCUT2D eigenvalue weighted by Crippen LogP contribution is 2.24. The first kappa shape index (κ1) is 13.4. The number of hydrogen-bond donors (Lipinski definition) is 0. The van der Waals surface area contributed by atoms with Crippen LogP contribution in [0.15, 0.2) is 48.7 Å². The summed E-state index contributed by atoms with van der Waals surface area (Å²) in [6.07, 6.45) is 1.85. The molecule has 0 aliphatic rings. The Morgan fingerprint density at radius 3 is 2.24 bits per heavy atom. The Balaban J connectivity index is 2.11. The third-order valence-corrected chi connectivity index (χ3v) is 3.60. The summed E-state index contributed by atoms with van der Waals surface area (Å²) in [5.41, 5.74) is 6.13. The van der Waals surface area contributed by atoms with E-state index >= 15 is 0 Å². The van der Waals surface area contributed by atoms with Gasteiger partial charge >= 0.3 is 0 Å². The largest absolute Gasteiger partial charge is 0.244 e. The maximum absolute atomic E-state index is 4.76. The number of benzene rings is 1. The maximum Gasteiger partial charge on any atom is 0.178 e. The van der Waals surface area contributed by atoms with Gasteiger partial charge in [-0.25, -0.2) is 15.0 Å². The molecule has 3 heteroatoms. The van der Waals surface area contributed by atoms with E-state index in [4.69, 9.17) is 4.98 Å². The lowest BCUT2D eigenvalue weighted by Crippen LogP contribution is -1.98. The quantitative estimate of drug-likeness (QED) is 0.705. The Kier molecular flexibility index (Phi) is 3.48. The highest BCUT2D eigenvalue weighted by molar-refractivity contribution is 5.66. The molecule has 0 fully saturated rings. The number of aryl methyl sites for hydroxylation is 3. The summed E-state index contributed by atoms with van der Waals surface area (Å²) >= 11 is 0. The van der Waals surface area contributed by atoms with Crippen LogP contribution < -0.4 is 0 Å². The van der Waals surface area contributed by atoms with Crippen molar-refractivity contribution in [3.05, 3.63) is 65.5 Å². The highest BCUT2D eigenvalue weighted by Gasteiger charge is 2.09. The maximum atomic E-state index is 4.76. The second-order valence-electron chi connectivity index (χ2n) is 5.19. The van der Waals surface area contributed by atoms with Crippen LogP contribution in [0.2, 0.25) is 0 Å². The first-order chi connectivity index (χ1) is 10.1. The van der Waals surface area contributed by atoms with Gasteiger partial charge in [0.25, 0.3) is 0 Å². The van der Waals surface area contributed by atoms with E-state index in [1.54, 1.807) is 0 Å². The van der Waals surface area contributed by atoms with Gasteiger partial charge in [-0.15, -0.1) is 0 Å². The molecule has 1 aromatic carbocycles. The van der Waals surface area contributed by atoms with Gasteiger partial charge in [0.05, 0.1) is 5.69 Å². The lowest BCUT2D eigenvalue weighted by Gasteiger charge is -2.08. The highest BCUT2D eigenvalue weighted by atomic mass is 14.9.